The third-order valence-corrected chi connectivity index (χ3v) is 3.38. The minimum atomic E-state index is -0.930. The Balaban J connectivity index is 2.45. The van der Waals surface area contributed by atoms with Crippen LogP contribution in [0.2, 0.25) is 0 Å². The molecular formula is C17H20N2O2. The van der Waals surface area contributed by atoms with Crippen molar-refractivity contribution in [1.29, 1.82) is 0 Å². The molecule has 1 aromatic carbocycles. The van der Waals surface area contributed by atoms with Crippen LogP contribution in [0.1, 0.15) is 35.8 Å². The van der Waals surface area contributed by atoms with Crippen LogP contribution in [0.3, 0.4) is 0 Å². The Morgan fingerprint density at radius 1 is 1.10 bits per heavy atom. The number of carboxylic acids is 1. The molecule has 4 heteroatoms. The predicted molar refractivity (Wildman–Crippen MR) is 85.0 cm³/mol. The molecule has 0 amide bonds. The van der Waals surface area contributed by atoms with Gasteiger partial charge < -0.3 is 10.0 Å². The molecule has 0 fully saturated rings. The second-order valence-electron chi connectivity index (χ2n) is 5.53. The maximum absolute atomic E-state index is 11.2. The van der Waals surface area contributed by atoms with E-state index in [1.807, 2.05) is 57.1 Å². The highest BCUT2D eigenvalue weighted by molar-refractivity contribution is 5.89. The summed E-state index contributed by atoms with van der Waals surface area (Å²) >= 11 is 0. The molecule has 0 saturated carbocycles. The van der Waals surface area contributed by atoms with Crippen molar-refractivity contribution in [1.82, 2.24) is 4.98 Å². The fourth-order valence-electron chi connectivity index (χ4n) is 2.19. The monoisotopic (exact) mass is 284 g/mol. The molecule has 2 rings (SSSR count). The lowest BCUT2D eigenvalue weighted by atomic mass is 10.0. The van der Waals surface area contributed by atoms with Gasteiger partial charge in [0.05, 0.1) is 17.0 Å². The molecule has 0 saturated heterocycles. The molecular weight excluding hydrogens is 264 g/mol. The van der Waals surface area contributed by atoms with E-state index in [1.165, 1.54) is 0 Å². The first-order chi connectivity index (χ1) is 9.90. The van der Waals surface area contributed by atoms with Crippen molar-refractivity contribution in [2.45, 2.75) is 19.8 Å². The first kappa shape index (κ1) is 15.0. The molecule has 0 aliphatic carbocycles. The average molecular weight is 284 g/mol. The van der Waals surface area contributed by atoms with Crippen molar-refractivity contribution >= 4 is 11.7 Å². The molecule has 0 aliphatic rings. The number of hydrogen-bond acceptors (Lipinski definition) is 3. The molecule has 110 valence electrons. The Morgan fingerprint density at radius 2 is 1.71 bits per heavy atom. The van der Waals surface area contributed by atoms with Crippen LogP contribution in [0.15, 0.2) is 36.4 Å². The van der Waals surface area contributed by atoms with Gasteiger partial charge in [0.2, 0.25) is 0 Å². The van der Waals surface area contributed by atoms with Crippen molar-refractivity contribution in [2.24, 2.45) is 0 Å². The smallest absolute Gasteiger partial charge is 0.337 e. The Morgan fingerprint density at radius 3 is 2.19 bits per heavy atom. The van der Waals surface area contributed by atoms with Gasteiger partial charge in [0.1, 0.15) is 0 Å². The fraction of sp³-hybridized carbons (Fsp3) is 0.294. The summed E-state index contributed by atoms with van der Waals surface area (Å²) in [5.41, 5.74) is 3.80. The first-order valence-electron chi connectivity index (χ1n) is 6.92. The summed E-state index contributed by atoms with van der Waals surface area (Å²) in [5, 5.41) is 9.23. The van der Waals surface area contributed by atoms with Gasteiger partial charge in [-0.1, -0.05) is 26.0 Å². The first-order valence-corrected chi connectivity index (χ1v) is 6.92. The van der Waals surface area contributed by atoms with Crippen LogP contribution in [-0.2, 0) is 0 Å². The minimum absolute atomic E-state index is 0.0668. The van der Waals surface area contributed by atoms with Gasteiger partial charge in [-0.3, -0.25) is 4.98 Å². The Labute approximate surface area is 125 Å². The summed E-state index contributed by atoms with van der Waals surface area (Å²) in [6.07, 6.45) is 0. The lowest BCUT2D eigenvalue weighted by Gasteiger charge is -2.14. The zero-order valence-electron chi connectivity index (χ0n) is 12.8. The van der Waals surface area contributed by atoms with E-state index in [4.69, 9.17) is 0 Å². The standard InChI is InChI=1S/C17H20N2O2/c1-11(2)16-14(17(20)21)9-10-15(18-16)12-5-7-13(8-6-12)19(3)4/h5-11H,1-4H3,(H,20,21). The number of rotatable bonds is 4. The molecule has 21 heavy (non-hydrogen) atoms. The van der Waals surface area contributed by atoms with Crippen molar-refractivity contribution < 1.29 is 9.90 Å². The number of pyridine rings is 1. The molecule has 0 unspecified atom stereocenters. The average Bonchev–Trinajstić information content (AvgIpc) is 2.46. The van der Waals surface area contributed by atoms with Gasteiger partial charge in [-0.2, -0.15) is 0 Å². The highest BCUT2D eigenvalue weighted by Gasteiger charge is 2.15. The molecule has 0 radical (unpaired) electrons. The number of aromatic carboxylic acids is 1. The van der Waals surface area contributed by atoms with Gasteiger partial charge in [0.25, 0.3) is 0 Å². The molecule has 1 aromatic heterocycles. The summed E-state index contributed by atoms with van der Waals surface area (Å²) < 4.78 is 0. The highest BCUT2D eigenvalue weighted by Crippen LogP contribution is 2.25. The molecule has 0 aliphatic heterocycles. The van der Waals surface area contributed by atoms with E-state index < -0.39 is 5.97 Å². The molecule has 1 heterocycles. The van der Waals surface area contributed by atoms with E-state index in [2.05, 4.69) is 4.98 Å². The lowest BCUT2D eigenvalue weighted by molar-refractivity contribution is 0.0694. The maximum atomic E-state index is 11.2. The topological polar surface area (TPSA) is 53.4 Å². The normalized spacial score (nSPS) is 10.7. The van der Waals surface area contributed by atoms with E-state index in [9.17, 15) is 9.90 Å². The largest absolute Gasteiger partial charge is 0.478 e. The molecule has 1 N–H and O–H groups in total. The van der Waals surface area contributed by atoms with Crippen LogP contribution in [0.4, 0.5) is 5.69 Å². The molecule has 0 spiro atoms. The number of hydrogen-bond donors (Lipinski definition) is 1. The Bertz CT molecular complexity index is 646. The Hall–Kier alpha value is -2.36. The second kappa shape index (κ2) is 5.95. The lowest BCUT2D eigenvalue weighted by Crippen LogP contribution is -2.08. The zero-order valence-corrected chi connectivity index (χ0v) is 12.8. The maximum Gasteiger partial charge on any atom is 0.337 e. The number of aromatic nitrogens is 1. The third kappa shape index (κ3) is 3.21. The summed E-state index contributed by atoms with van der Waals surface area (Å²) in [5.74, 6) is -0.863. The van der Waals surface area contributed by atoms with Gasteiger partial charge >= 0.3 is 5.97 Å². The minimum Gasteiger partial charge on any atom is -0.478 e. The number of carboxylic acid groups (broad SMARTS) is 1. The number of benzene rings is 1. The highest BCUT2D eigenvalue weighted by atomic mass is 16.4. The fourth-order valence-corrected chi connectivity index (χ4v) is 2.19. The number of nitrogens with zero attached hydrogens (tertiary/aromatic N) is 2. The Kier molecular flexibility index (Phi) is 4.26. The van der Waals surface area contributed by atoms with Crippen molar-refractivity contribution in [2.75, 3.05) is 19.0 Å². The zero-order chi connectivity index (χ0) is 15.6. The van der Waals surface area contributed by atoms with E-state index in [1.54, 1.807) is 12.1 Å². The van der Waals surface area contributed by atoms with E-state index >= 15 is 0 Å². The van der Waals surface area contributed by atoms with Crippen LogP contribution in [0.5, 0.6) is 0 Å². The van der Waals surface area contributed by atoms with Gasteiger partial charge in [0.15, 0.2) is 0 Å². The SMILES string of the molecule is CC(C)c1nc(-c2ccc(N(C)C)cc2)ccc1C(=O)O. The van der Waals surface area contributed by atoms with Gasteiger partial charge in [-0.05, 0) is 30.2 Å². The van der Waals surface area contributed by atoms with Crippen LogP contribution in [0, 0.1) is 0 Å². The van der Waals surface area contributed by atoms with Crippen molar-refractivity contribution in [3.63, 3.8) is 0 Å². The predicted octanol–water partition coefficient (Wildman–Crippen LogP) is 3.64. The summed E-state index contributed by atoms with van der Waals surface area (Å²) in [7, 11) is 3.98. The van der Waals surface area contributed by atoms with Gasteiger partial charge in [0, 0.05) is 25.3 Å². The van der Waals surface area contributed by atoms with E-state index in [-0.39, 0.29) is 11.5 Å². The van der Waals surface area contributed by atoms with Gasteiger partial charge in [-0.15, -0.1) is 0 Å². The van der Waals surface area contributed by atoms with Crippen LogP contribution < -0.4 is 4.90 Å². The van der Waals surface area contributed by atoms with Crippen LogP contribution >= 0.6 is 0 Å². The van der Waals surface area contributed by atoms with Crippen LogP contribution in [-0.4, -0.2) is 30.2 Å². The molecule has 2 aromatic rings. The van der Waals surface area contributed by atoms with Crippen molar-refractivity contribution in [3.8, 4) is 11.3 Å². The van der Waals surface area contributed by atoms with Crippen molar-refractivity contribution in [3.05, 3.63) is 47.7 Å². The molecule has 0 bridgehead atoms. The van der Waals surface area contributed by atoms with E-state index in [0.29, 0.717) is 5.69 Å². The van der Waals surface area contributed by atoms with E-state index in [0.717, 1.165) is 16.9 Å². The second-order valence-corrected chi connectivity index (χ2v) is 5.53. The summed E-state index contributed by atoms with van der Waals surface area (Å²) in [6, 6.07) is 11.5. The number of anilines is 1. The summed E-state index contributed by atoms with van der Waals surface area (Å²) in [6.45, 7) is 3.90. The van der Waals surface area contributed by atoms with Gasteiger partial charge in [-0.25, -0.2) is 4.79 Å². The molecule has 4 nitrogen and oxygen atoms in total. The van der Waals surface area contributed by atoms with Crippen LogP contribution in [0.25, 0.3) is 11.3 Å². The summed E-state index contributed by atoms with van der Waals surface area (Å²) in [4.78, 5) is 17.8. The molecule has 0 atom stereocenters. The quantitative estimate of drug-likeness (QED) is 0.931. The third-order valence-electron chi connectivity index (χ3n) is 3.38. The number of carbonyl (C=O) groups is 1.